The van der Waals surface area contributed by atoms with Gasteiger partial charge in [0.1, 0.15) is 11.7 Å². The van der Waals surface area contributed by atoms with Gasteiger partial charge in [0.2, 0.25) is 0 Å². The van der Waals surface area contributed by atoms with E-state index in [2.05, 4.69) is 6.58 Å². The lowest BCUT2D eigenvalue weighted by atomic mass is 10.0. The molecule has 0 spiro atoms. The van der Waals surface area contributed by atoms with Crippen LogP contribution in [0, 0.1) is 0 Å². The number of halogens is 2. The van der Waals surface area contributed by atoms with Crippen molar-refractivity contribution in [1.29, 1.82) is 0 Å². The topological polar surface area (TPSA) is 0 Å². The molecule has 10 heavy (non-hydrogen) atoms. The summed E-state index contributed by atoms with van der Waals surface area (Å²) in [5.74, 6) is -0.918. The summed E-state index contributed by atoms with van der Waals surface area (Å²) in [6.07, 6.45) is 1.41. The molecular formula is C8H8F2. The molecule has 0 bridgehead atoms. The van der Waals surface area contributed by atoms with Crippen molar-refractivity contribution in [3.63, 3.8) is 0 Å². The third-order valence-corrected chi connectivity index (χ3v) is 1.48. The first kappa shape index (κ1) is 7.19. The average Bonchev–Trinajstić information content (AvgIpc) is 1.82. The third kappa shape index (κ3) is 1.15. The van der Waals surface area contributed by atoms with E-state index < -0.39 is 11.7 Å². The minimum atomic E-state index is -0.506. The smallest absolute Gasteiger partial charge is 0.128 e. The Labute approximate surface area is 58.6 Å². The maximum absolute atomic E-state index is 12.6. The van der Waals surface area contributed by atoms with Crippen LogP contribution in [0.1, 0.15) is 13.3 Å². The molecule has 0 amide bonds. The molecule has 1 aliphatic rings. The molecular weight excluding hydrogens is 134 g/mol. The summed E-state index contributed by atoms with van der Waals surface area (Å²) < 4.78 is 25.2. The molecule has 0 unspecified atom stereocenters. The highest BCUT2D eigenvalue weighted by Crippen LogP contribution is 2.28. The van der Waals surface area contributed by atoms with E-state index in [1.54, 1.807) is 0 Å². The van der Waals surface area contributed by atoms with Crippen LogP contribution in [-0.2, 0) is 0 Å². The molecule has 0 atom stereocenters. The van der Waals surface area contributed by atoms with Crippen molar-refractivity contribution >= 4 is 0 Å². The van der Waals surface area contributed by atoms with Gasteiger partial charge in [-0.3, -0.25) is 0 Å². The monoisotopic (exact) mass is 142 g/mol. The van der Waals surface area contributed by atoms with Crippen LogP contribution >= 0.6 is 0 Å². The predicted octanol–water partition coefficient (Wildman–Crippen LogP) is 3.04. The highest BCUT2D eigenvalue weighted by atomic mass is 19.1. The van der Waals surface area contributed by atoms with E-state index in [1.165, 1.54) is 13.0 Å². The Morgan fingerprint density at radius 1 is 1.50 bits per heavy atom. The van der Waals surface area contributed by atoms with Gasteiger partial charge in [0.15, 0.2) is 0 Å². The second-order valence-corrected chi connectivity index (χ2v) is 2.36. The molecule has 2 heteroatoms. The number of hydrogen-bond donors (Lipinski definition) is 0. The van der Waals surface area contributed by atoms with Gasteiger partial charge in [-0.1, -0.05) is 6.58 Å². The van der Waals surface area contributed by atoms with Crippen LogP contribution in [-0.4, -0.2) is 0 Å². The molecule has 0 fully saturated rings. The highest BCUT2D eigenvalue weighted by Gasteiger charge is 2.13. The molecule has 1 aliphatic carbocycles. The lowest BCUT2D eigenvalue weighted by Crippen LogP contribution is -1.93. The van der Waals surface area contributed by atoms with Gasteiger partial charge in [-0.25, -0.2) is 8.78 Å². The highest BCUT2D eigenvalue weighted by molar-refractivity contribution is 5.39. The molecule has 0 saturated carbocycles. The van der Waals surface area contributed by atoms with E-state index in [0.717, 1.165) is 0 Å². The zero-order valence-corrected chi connectivity index (χ0v) is 5.75. The number of allylic oxidation sites excluding steroid dienone is 5. The minimum Gasteiger partial charge on any atom is -0.211 e. The van der Waals surface area contributed by atoms with Crippen molar-refractivity contribution in [2.75, 3.05) is 0 Å². The van der Waals surface area contributed by atoms with Crippen LogP contribution in [0.25, 0.3) is 0 Å². The number of rotatable bonds is 0. The first-order chi connectivity index (χ1) is 4.61. The Morgan fingerprint density at radius 2 is 2.10 bits per heavy atom. The Bertz CT molecular complexity index is 228. The summed E-state index contributed by atoms with van der Waals surface area (Å²) in [6, 6.07) is 0. The lowest BCUT2D eigenvalue weighted by Gasteiger charge is -2.08. The Hall–Kier alpha value is -0.920. The first-order valence-electron chi connectivity index (χ1n) is 3.02. The van der Waals surface area contributed by atoms with Crippen LogP contribution in [0.4, 0.5) is 8.78 Å². The van der Waals surface area contributed by atoms with Gasteiger partial charge in [-0.05, 0) is 18.6 Å². The first-order valence-corrected chi connectivity index (χ1v) is 3.02. The van der Waals surface area contributed by atoms with Crippen molar-refractivity contribution in [3.05, 3.63) is 35.5 Å². The normalized spacial score (nSPS) is 19.5. The van der Waals surface area contributed by atoms with Crippen molar-refractivity contribution in [2.45, 2.75) is 13.3 Å². The summed E-state index contributed by atoms with van der Waals surface area (Å²) in [5, 5.41) is 0. The van der Waals surface area contributed by atoms with Crippen molar-refractivity contribution in [1.82, 2.24) is 0 Å². The molecule has 0 saturated heterocycles. The van der Waals surface area contributed by atoms with Crippen LogP contribution in [0.15, 0.2) is 35.5 Å². The summed E-state index contributed by atoms with van der Waals surface area (Å²) in [4.78, 5) is 0. The van der Waals surface area contributed by atoms with Gasteiger partial charge in [0, 0.05) is 12.0 Å². The summed E-state index contributed by atoms with van der Waals surface area (Å²) in [6.45, 7) is 4.88. The fourth-order valence-electron chi connectivity index (χ4n) is 0.800. The maximum Gasteiger partial charge on any atom is 0.128 e. The molecule has 0 aliphatic heterocycles. The van der Waals surface area contributed by atoms with E-state index in [9.17, 15) is 8.78 Å². The molecule has 0 N–H and O–H groups in total. The summed E-state index contributed by atoms with van der Waals surface area (Å²) in [5.41, 5.74) is 0.591. The average molecular weight is 142 g/mol. The summed E-state index contributed by atoms with van der Waals surface area (Å²) >= 11 is 0. The molecule has 0 radical (unpaired) electrons. The minimum absolute atomic E-state index is 0.104. The van der Waals surface area contributed by atoms with E-state index in [0.29, 0.717) is 5.57 Å². The second kappa shape index (κ2) is 2.37. The zero-order chi connectivity index (χ0) is 7.72. The van der Waals surface area contributed by atoms with Crippen molar-refractivity contribution < 1.29 is 8.78 Å². The molecule has 0 heterocycles. The fraction of sp³-hybridized carbons (Fsp3) is 0.250. The number of hydrogen-bond acceptors (Lipinski definition) is 0. The van der Waals surface area contributed by atoms with Crippen LogP contribution in [0.3, 0.4) is 0 Å². The molecule has 0 aromatic carbocycles. The molecule has 0 aromatic heterocycles. The van der Waals surface area contributed by atoms with Gasteiger partial charge in [-0.2, -0.15) is 0 Å². The van der Waals surface area contributed by atoms with E-state index in [4.69, 9.17) is 0 Å². The fourth-order valence-corrected chi connectivity index (χ4v) is 0.800. The quantitative estimate of drug-likeness (QED) is 0.487. The zero-order valence-electron chi connectivity index (χ0n) is 5.75. The summed E-state index contributed by atoms with van der Waals surface area (Å²) in [7, 11) is 0. The predicted molar refractivity (Wildman–Crippen MR) is 36.8 cm³/mol. The third-order valence-electron chi connectivity index (χ3n) is 1.48. The van der Waals surface area contributed by atoms with Crippen molar-refractivity contribution in [2.24, 2.45) is 0 Å². The molecule has 1 rings (SSSR count). The maximum atomic E-state index is 12.6. The SMILES string of the molecule is C=C1C=C(F)C(C)=C(F)C1. The standard InChI is InChI=1S/C8H8F2/c1-5-3-7(9)6(2)8(10)4-5/h3H,1,4H2,2H3. The van der Waals surface area contributed by atoms with Crippen molar-refractivity contribution in [3.8, 4) is 0 Å². The van der Waals surface area contributed by atoms with Gasteiger partial charge in [0.05, 0.1) is 0 Å². The van der Waals surface area contributed by atoms with Gasteiger partial charge in [0.25, 0.3) is 0 Å². The van der Waals surface area contributed by atoms with Crippen LogP contribution < -0.4 is 0 Å². The Balaban J connectivity index is 3.01. The lowest BCUT2D eigenvalue weighted by molar-refractivity contribution is 0.565. The largest absolute Gasteiger partial charge is 0.211 e. The molecule has 54 valence electrons. The van der Waals surface area contributed by atoms with E-state index >= 15 is 0 Å². The van der Waals surface area contributed by atoms with E-state index in [-0.39, 0.29) is 12.0 Å². The Kier molecular flexibility index (Phi) is 1.70. The molecule has 0 nitrogen and oxygen atoms in total. The van der Waals surface area contributed by atoms with Gasteiger partial charge in [-0.15, -0.1) is 0 Å². The second-order valence-electron chi connectivity index (χ2n) is 2.36. The van der Waals surface area contributed by atoms with Crippen LogP contribution in [0.2, 0.25) is 0 Å². The van der Waals surface area contributed by atoms with Crippen LogP contribution in [0.5, 0.6) is 0 Å². The van der Waals surface area contributed by atoms with Gasteiger partial charge < -0.3 is 0 Å². The Morgan fingerprint density at radius 3 is 2.60 bits per heavy atom. The van der Waals surface area contributed by atoms with Gasteiger partial charge >= 0.3 is 0 Å². The van der Waals surface area contributed by atoms with E-state index in [1.807, 2.05) is 0 Å². The molecule has 0 aromatic rings.